The molecule has 1 aliphatic carbocycles. The summed E-state index contributed by atoms with van der Waals surface area (Å²) in [7, 11) is -8.96. The minimum atomic E-state index is -4.64. The van der Waals surface area contributed by atoms with Gasteiger partial charge in [-0.1, -0.05) is 36.4 Å². The van der Waals surface area contributed by atoms with Crippen molar-refractivity contribution in [2.24, 2.45) is 0 Å². The Kier molecular flexibility index (Phi) is 12.8. The number of carbonyl (C=O) groups excluding carboxylic acids is 3. The quantitative estimate of drug-likeness (QED) is 0.0790. The van der Waals surface area contributed by atoms with E-state index in [0.717, 1.165) is 40.7 Å². The van der Waals surface area contributed by atoms with Crippen molar-refractivity contribution >= 4 is 49.8 Å². The third kappa shape index (κ3) is 9.41. The smallest absolute Gasteiger partial charge is 0.333 e. The second kappa shape index (κ2) is 17.4. The van der Waals surface area contributed by atoms with Gasteiger partial charge in [-0.15, -0.1) is 5.06 Å². The summed E-state index contributed by atoms with van der Waals surface area (Å²) in [6.45, 7) is 9.72. The van der Waals surface area contributed by atoms with Crippen LogP contribution in [0.4, 0.5) is 5.69 Å². The molecule has 2 aromatic rings. The Morgan fingerprint density at radius 3 is 2.29 bits per heavy atom. The highest BCUT2D eigenvalue weighted by molar-refractivity contribution is 7.86. The normalized spacial score (nSPS) is 17.8. The molecule has 2 amide bonds. The molecule has 2 aromatic carbocycles. The minimum absolute atomic E-state index is 0.00803. The summed E-state index contributed by atoms with van der Waals surface area (Å²) >= 11 is 0. The number of anilines is 1. The van der Waals surface area contributed by atoms with Crippen LogP contribution in [0.3, 0.4) is 0 Å². The number of carbonyl (C=O) groups is 3. The van der Waals surface area contributed by atoms with Gasteiger partial charge in [-0.25, -0.2) is 9.37 Å². The predicted octanol–water partition coefficient (Wildman–Crippen LogP) is 6.15. The summed E-state index contributed by atoms with van der Waals surface area (Å²) < 4.78 is 76.7. The van der Waals surface area contributed by atoms with Crippen LogP contribution in [-0.4, -0.2) is 74.2 Å². The molecule has 4 aliphatic rings. The summed E-state index contributed by atoms with van der Waals surface area (Å²) in [6.07, 6.45) is 5.51. The number of hydroxylamine groups is 2. The molecule has 1 unspecified atom stereocenters. The van der Waals surface area contributed by atoms with Crippen LogP contribution < -0.4 is 14.8 Å². The van der Waals surface area contributed by atoms with Gasteiger partial charge in [0.05, 0.1) is 16.7 Å². The highest BCUT2D eigenvalue weighted by Crippen LogP contribution is 2.51. The van der Waals surface area contributed by atoms with E-state index >= 15 is 0 Å². The first-order valence-electron chi connectivity index (χ1n) is 19.5. The van der Waals surface area contributed by atoms with E-state index in [1.54, 1.807) is 6.08 Å². The Morgan fingerprint density at radius 2 is 1.64 bits per heavy atom. The number of imide groups is 1. The highest BCUT2D eigenvalue weighted by atomic mass is 32.2. The lowest BCUT2D eigenvalue weighted by Crippen LogP contribution is -2.32. The molecule has 14 nitrogen and oxygen atoms in total. The zero-order chi connectivity index (χ0) is 42.7. The van der Waals surface area contributed by atoms with Crippen molar-refractivity contribution in [1.82, 2.24) is 9.64 Å². The third-order valence-corrected chi connectivity index (χ3v) is 12.6. The largest absolute Gasteiger partial charge is 0.456 e. The lowest BCUT2D eigenvalue weighted by Gasteiger charge is -2.30. The molecule has 3 aliphatic heterocycles. The van der Waals surface area contributed by atoms with Crippen molar-refractivity contribution in [3.05, 3.63) is 107 Å². The second-order valence-electron chi connectivity index (χ2n) is 14.8. The number of fused-ring (bicyclic) bond motifs is 2. The molecule has 16 heteroatoms. The number of hydrogen-bond acceptors (Lipinski definition) is 10. The third-order valence-electron chi connectivity index (χ3n) is 10.9. The molecule has 59 heavy (non-hydrogen) atoms. The lowest BCUT2D eigenvalue weighted by molar-refractivity contribution is -0.197. The number of rotatable bonds is 15. The molecule has 1 atom stereocenters. The molecule has 6 rings (SSSR count). The number of allylic oxidation sites excluding steroid dienone is 3. The fourth-order valence-corrected chi connectivity index (χ4v) is 8.96. The molecule has 0 spiro atoms. The van der Waals surface area contributed by atoms with Crippen molar-refractivity contribution < 1.29 is 49.6 Å². The van der Waals surface area contributed by atoms with Crippen LogP contribution in [0.5, 0.6) is 0 Å². The second-order valence-corrected chi connectivity index (χ2v) is 17.8. The molecule has 0 radical (unpaired) electrons. The summed E-state index contributed by atoms with van der Waals surface area (Å²) in [5.41, 5.74) is 4.41. The molecule has 0 bridgehead atoms. The number of nitrogens with zero attached hydrogens (tertiary/aromatic N) is 3. The predicted molar refractivity (Wildman–Crippen MR) is 222 cm³/mol. The van der Waals surface area contributed by atoms with Crippen molar-refractivity contribution in [1.29, 1.82) is 0 Å². The van der Waals surface area contributed by atoms with Crippen molar-refractivity contribution in [3.63, 3.8) is 0 Å². The summed E-state index contributed by atoms with van der Waals surface area (Å²) in [6, 6.07) is 20.3. The maximum Gasteiger partial charge on any atom is 0.333 e. The molecule has 2 N–H and O–H groups in total. The maximum atomic E-state index is 12.8. The first kappa shape index (κ1) is 43.2. The van der Waals surface area contributed by atoms with E-state index in [2.05, 4.69) is 30.6 Å². The monoisotopic (exact) mass is 846 g/mol. The minimum Gasteiger partial charge on any atom is -0.456 e. The number of hydrogen-bond donors (Lipinski definition) is 2. The number of benzene rings is 3. The van der Waals surface area contributed by atoms with Crippen molar-refractivity contribution in [2.75, 3.05) is 30.3 Å². The zero-order valence-corrected chi connectivity index (χ0v) is 35.0. The fourth-order valence-electron chi connectivity index (χ4n) is 7.96. The van der Waals surface area contributed by atoms with Gasteiger partial charge < -0.3 is 14.2 Å². The van der Waals surface area contributed by atoms with Gasteiger partial charge in [0, 0.05) is 59.8 Å². The van der Waals surface area contributed by atoms with Gasteiger partial charge >= 0.3 is 5.97 Å². The molecule has 1 saturated heterocycles. The van der Waals surface area contributed by atoms with Crippen LogP contribution in [0.2, 0.25) is 0 Å². The van der Waals surface area contributed by atoms with Gasteiger partial charge in [-0.05, 0) is 100 Å². The molecular formula is C43H48N3O11S2+. The van der Waals surface area contributed by atoms with E-state index in [0.29, 0.717) is 33.5 Å². The van der Waals surface area contributed by atoms with E-state index in [4.69, 9.17) is 9.25 Å². The Morgan fingerprint density at radius 1 is 0.949 bits per heavy atom. The van der Waals surface area contributed by atoms with E-state index < -0.39 is 49.2 Å². The zero-order valence-electron chi connectivity index (χ0n) is 33.4. The van der Waals surface area contributed by atoms with Crippen molar-refractivity contribution in [2.45, 2.75) is 76.5 Å². The molecule has 3 heterocycles. The van der Waals surface area contributed by atoms with Crippen LogP contribution >= 0.6 is 0 Å². The highest BCUT2D eigenvalue weighted by Gasteiger charge is 2.44. The molecule has 0 saturated carbocycles. The van der Waals surface area contributed by atoms with Gasteiger partial charge in [0.1, 0.15) is 24.6 Å². The van der Waals surface area contributed by atoms with Crippen LogP contribution in [-0.2, 0) is 44.9 Å². The van der Waals surface area contributed by atoms with E-state index in [1.165, 1.54) is 18.2 Å². The van der Waals surface area contributed by atoms with Crippen LogP contribution in [0.15, 0.2) is 93.9 Å². The lowest BCUT2D eigenvalue weighted by atomic mass is 9.77. The van der Waals surface area contributed by atoms with Gasteiger partial charge in [0.15, 0.2) is 0 Å². The standard InChI is InChI=1S/C43H47N3O11S2/c1-5-44(6-2)31-18-20-33-37(27-31)56-36(29(3)42(33)30-13-8-7-9-14-30)15-10-16-38-43(4,24-11-17-41(49)57-46-39(47)22-23-40(46)48)34-28-32(59(53,54)55)19-21-35(34)45(38)25-12-26-58(50,51)52/h7-10,13-16,18-21,27-28H,5-6,11-12,17,22-26H2,1-4H3,(H-,50,51,52,53,54,55)/p+1. The average molecular weight is 847 g/mol. The Bertz CT molecular complexity index is 2590. The Balaban J connectivity index is 1.45. The first-order chi connectivity index (χ1) is 27.9. The summed E-state index contributed by atoms with van der Waals surface area (Å²) in [4.78, 5) is 43.5. The molecule has 1 fully saturated rings. The topological polar surface area (TPSA) is 192 Å². The molecular weight excluding hydrogens is 799 g/mol. The van der Waals surface area contributed by atoms with Crippen LogP contribution in [0.25, 0.3) is 28.5 Å². The van der Waals surface area contributed by atoms with Gasteiger partial charge in [0.2, 0.25) is 5.36 Å². The van der Waals surface area contributed by atoms with Crippen LogP contribution in [0.1, 0.15) is 76.2 Å². The molecule has 312 valence electrons. The number of amides is 2. The average Bonchev–Trinajstić information content (AvgIpc) is 3.62. The Labute approximate surface area is 343 Å². The molecule has 0 aromatic heterocycles. The Hall–Kier alpha value is -5.42. The van der Waals surface area contributed by atoms with E-state index in [9.17, 15) is 40.3 Å². The maximum absolute atomic E-state index is 12.8. The fraction of sp³-hybridized carbons (Fsp3) is 0.349. The SMILES string of the molecule is CC[N+](CC)=c1ccc2c(-c3ccccc3)c(C)c(/C=C/C=C3\N(CCCS(=O)(=O)O)c4ccc(S(=O)(=O)O)cc4C3(C)CCCC(=O)ON3C(=O)CCC3=O)oc-2c1. The summed E-state index contributed by atoms with van der Waals surface area (Å²) in [5, 5.41) is 1.49. The van der Waals surface area contributed by atoms with Crippen LogP contribution in [0, 0.1) is 6.92 Å². The van der Waals surface area contributed by atoms with Gasteiger partial charge in [-0.3, -0.25) is 18.7 Å². The van der Waals surface area contributed by atoms with E-state index in [1.807, 2.05) is 67.3 Å². The first-order valence-corrected chi connectivity index (χ1v) is 22.5. The van der Waals surface area contributed by atoms with E-state index in [-0.39, 0.29) is 50.0 Å². The van der Waals surface area contributed by atoms with Crippen molar-refractivity contribution in [3.8, 4) is 22.5 Å². The van der Waals surface area contributed by atoms with Gasteiger partial charge in [-0.2, -0.15) is 16.8 Å². The summed E-state index contributed by atoms with van der Waals surface area (Å²) in [5.74, 6) is -1.30. The van der Waals surface area contributed by atoms with Gasteiger partial charge in [0.25, 0.3) is 32.1 Å².